The maximum atomic E-state index is 12.2. The third-order valence-corrected chi connectivity index (χ3v) is 7.00. The highest BCUT2D eigenvalue weighted by atomic mass is 127. The van der Waals surface area contributed by atoms with Crippen molar-refractivity contribution in [2.45, 2.75) is 6.61 Å². The van der Waals surface area contributed by atoms with E-state index in [1.807, 2.05) is 36.4 Å². The molecule has 172 valence electrons. The van der Waals surface area contributed by atoms with Crippen LogP contribution in [0.2, 0.25) is 0 Å². The van der Waals surface area contributed by atoms with Crippen molar-refractivity contribution >= 4 is 90.8 Å². The van der Waals surface area contributed by atoms with Gasteiger partial charge in [-0.05, 0) is 115 Å². The molecule has 0 fully saturated rings. The van der Waals surface area contributed by atoms with Crippen LogP contribution in [0.5, 0.6) is 11.5 Å². The van der Waals surface area contributed by atoms with Gasteiger partial charge in [0.25, 0.3) is 5.91 Å². The summed E-state index contributed by atoms with van der Waals surface area (Å²) < 4.78 is 14.8. The van der Waals surface area contributed by atoms with Gasteiger partial charge in [-0.25, -0.2) is 5.43 Å². The molecule has 0 spiro atoms. The number of halogens is 3. The number of nitrogens with zero attached hydrogens (tertiary/aromatic N) is 2. The number of pyridine rings is 1. The zero-order valence-electron chi connectivity index (χ0n) is 17.7. The summed E-state index contributed by atoms with van der Waals surface area (Å²) in [6.45, 7) is 0.339. The summed E-state index contributed by atoms with van der Waals surface area (Å²) in [4.78, 5) is 16.5. The Morgan fingerprint density at radius 2 is 1.71 bits per heavy atom. The monoisotopic (exact) mass is 789 g/mol. The highest BCUT2D eigenvalue weighted by molar-refractivity contribution is 14.1. The molecule has 0 aliphatic heterocycles. The zero-order valence-corrected chi connectivity index (χ0v) is 24.1. The van der Waals surface area contributed by atoms with E-state index in [4.69, 9.17) is 9.47 Å². The summed E-state index contributed by atoms with van der Waals surface area (Å²) in [6, 6.07) is 21.6. The summed E-state index contributed by atoms with van der Waals surface area (Å²) in [5.41, 5.74) is 5.19. The maximum absolute atomic E-state index is 12.2. The molecule has 4 aromatic rings. The van der Waals surface area contributed by atoms with E-state index in [1.54, 1.807) is 18.5 Å². The average Bonchev–Trinajstić information content (AvgIpc) is 2.83. The van der Waals surface area contributed by atoms with Crippen LogP contribution in [0.4, 0.5) is 0 Å². The van der Waals surface area contributed by atoms with Crippen LogP contribution in [0.3, 0.4) is 0 Å². The number of fused-ring (bicyclic) bond motifs is 1. The lowest BCUT2D eigenvalue weighted by Gasteiger charge is -2.11. The minimum Gasteiger partial charge on any atom is -0.487 e. The van der Waals surface area contributed by atoms with Gasteiger partial charge in [0.2, 0.25) is 0 Å². The zero-order chi connectivity index (χ0) is 23.9. The molecule has 0 aliphatic rings. The van der Waals surface area contributed by atoms with Crippen molar-refractivity contribution < 1.29 is 14.3 Å². The van der Waals surface area contributed by atoms with Crippen LogP contribution in [-0.2, 0) is 11.4 Å². The minimum absolute atomic E-state index is 0.159. The first-order valence-corrected chi connectivity index (χ1v) is 13.4. The molecule has 1 heterocycles. The van der Waals surface area contributed by atoms with Crippen LogP contribution >= 0.6 is 67.8 Å². The van der Waals surface area contributed by atoms with Gasteiger partial charge in [0, 0.05) is 15.2 Å². The third kappa shape index (κ3) is 6.78. The van der Waals surface area contributed by atoms with Gasteiger partial charge in [-0.2, -0.15) is 5.10 Å². The van der Waals surface area contributed by atoms with Gasteiger partial charge >= 0.3 is 0 Å². The molecule has 9 heteroatoms. The number of amides is 1. The van der Waals surface area contributed by atoms with Gasteiger partial charge in [0.05, 0.1) is 13.4 Å². The fourth-order valence-electron chi connectivity index (χ4n) is 3.08. The van der Waals surface area contributed by atoms with Gasteiger partial charge < -0.3 is 9.47 Å². The predicted molar refractivity (Wildman–Crippen MR) is 158 cm³/mol. The molecular formula is C25H18I3N3O3. The Bertz CT molecular complexity index is 1320. The van der Waals surface area contributed by atoms with Crippen molar-refractivity contribution in [3.8, 4) is 11.5 Å². The van der Waals surface area contributed by atoms with Crippen molar-refractivity contribution in [3.05, 3.63) is 94.8 Å². The van der Waals surface area contributed by atoms with Crippen LogP contribution in [0.1, 0.15) is 11.1 Å². The van der Waals surface area contributed by atoms with Crippen molar-refractivity contribution in [3.63, 3.8) is 0 Å². The summed E-state index contributed by atoms with van der Waals surface area (Å²) in [5, 5.41) is 5.01. The van der Waals surface area contributed by atoms with Crippen molar-refractivity contribution in [1.29, 1.82) is 0 Å². The van der Waals surface area contributed by atoms with Gasteiger partial charge in [-0.1, -0.05) is 30.3 Å². The molecule has 0 aliphatic carbocycles. The second-order valence-electron chi connectivity index (χ2n) is 7.14. The molecule has 6 nitrogen and oxygen atoms in total. The topological polar surface area (TPSA) is 72.8 Å². The lowest BCUT2D eigenvalue weighted by molar-refractivity contribution is -0.123. The number of hydrazone groups is 1. The van der Waals surface area contributed by atoms with Gasteiger partial charge in [0.15, 0.2) is 6.61 Å². The van der Waals surface area contributed by atoms with E-state index >= 15 is 0 Å². The van der Waals surface area contributed by atoms with E-state index in [-0.39, 0.29) is 12.5 Å². The molecule has 1 aromatic heterocycles. The molecule has 0 radical (unpaired) electrons. The molecule has 0 bridgehead atoms. The SMILES string of the molecule is O=C(COc1cccc2cccnc12)N/N=C/c1cc(I)c(OCc2ccc(I)cc2)c(I)c1. The molecule has 0 atom stereocenters. The first-order valence-electron chi connectivity index (χ1n) is 10.1. The lowest BCUT2D eigenvalue weighted by atomic mass is 10.2. The fourth-order valence-corrected chi connectivity index (χ4v) is 5.56. The van der Waals surface area contributed by atoms with E-state index < -0.39 is 0 Å². The molecule has 1 amide bonds. The number of rotatable bonds is 8. The van der Waals surface area contributed by atoms with E-state index in [0.29, 0.717) is 12.4 Å². The van der Waals surface area contributed by atoms with Crippen molar-refractivity contribution in [2.24, 2.45) is 5.10 Å². The normalized spacial score (nSPS) is 11.0. The summed E-state index contributed by atoms with van der Waals surface area (Å²) >= 11 is 6.78. The highest BCUT2D eigenvalue weighted by Crippen LogP contribution is 2.29. The number of nitrogens with one attached hydrogen (secondary N) is 1. The average molecular weight is 789 g/mol. The second kappa shape index (κ2) is 12.1. The molecule has 0 saturated carbocycles. The second-order valence-corrected chi connectivity index (χ2v) is 10.7. The number of ether oxygens (including phenoxy) is 2. The van der Waals surface area contributed by atoms with Crippen LogP contribution in [0.15, 0.2) is 78.0 Å². The number of carbonyl (C=O) groups is 1. The molecular weight excluding hydrogens is 771 g/mol. The van der Waals surface area contributed by atoms with Crippen LogP contribution < -0.4 is 14.9 Å². The Morgan fingerprint density at radius 3 is 2.47 bits per heavy atom. The number of benzene rings is 3. The van der Waals surface area contributed by atoms with Gasteiger partial charge in [-0.15, -0.1) is 0 Å². The maximum Gasteiger partial charge on any atom is 0.277 e. The molecule has 3 aromatic carbocycles. The molecule has 0 saturated heterocycles. The Labute approximate surface area is 237 Å². The van der Waals surface area contributed by atoms with Crippen LogP contribution in [-0.4, -0.2) is 23.7 Å². The van der Waals surface area contributed by atoms with Crippen molar-refractivity contribution in [2.75, 3.05) is 6.61 Å². The Hall–Kier alpha value is -2.00. The number of para-hydroxylation sites is 1. The smallest absolute Gasteiger partial charge is 0.277 e. The van der Waals surface area contributed by atoms with E-state index in [0.717, 1.165) is 34.9 Å². The summed E-state index contributed by atoms with van der Waals surface area (Å²) in [7, 11) is 0. The highest BCUT2D eigenvalue weighted by Gasteiger charge is 2.10. The van der Waals surface area contributed by atoms with Crippen LogP contribution in [0, 0.1) is 10.7 Å². The Balaban J connectivity index is 1.32. The number of aromatic nitrogens is 1. The summed E-state index contributed by atoms with van der Waals surface area (Å²) in [6.07, 6.45) is 3.30. The van der Waals surface area contributed by atoms with E-state index in [9.17, 15) is 4.79 Å². The Kier molecular flexibility index (Phi) is 8.94. The largest absolute Gasteiger partial charge is 0.487 e. The fraction of sp³-hybridized carbons (Fsp3) is 0.0800. The molecule has 4 rings (SSSR count). The van der Waals surface area contributed by atoms with E-state index in [2.05, 4.69) is 108 Å². The quantitative estimate of drug-likeness (QED) is 0.132. The number of hydrogen-bond donors (Lipinski definition) is 1. The molecule has 0 unspecified atom stereocenters. The minimum atomic E-state index is -0.356. The van der Waals surface area contributed by atoms with Crippen molar-refractivity contribution in [1.82, 2.24) is 10.4 Å². The molecule has 1 N–H and O–H groups in total. The number of carbonyl (C=O) groups excluding carboxylic acids is 1. The third-order valence-electron chi connectivity index (χ3n) is 4.67. The molecule has 34 heavy (non-hydrogen) atoms. The van der Waals surface area contributed by atoms with Crippen LogP contribution in [0.25, 0.3) is 10.9 Å². The number of hydrogen-bond acceptors (Lipinski definition) is 5. The first-order chi connectivity index (χ1) is 16.5. The van der Waals surface area contributed by atoms with Gasteiger partial charge in [0.1, 0.15) is 23.6 Å². The van der Waals surface area contributed by atoms with Gasteiger partial charge in [-0.3, -0.25) is 9.78 Å². The summed E-state index contributed by atoms with van der Waals surface area (Å²) in [5.74, 6) is 1.03. The predicted octanol–water partition coefficient (Wildman–Crippen LogP) is 6.16. The van der Waals surface area contributed by atoms with E-state index in [1.165, 1.54) is 3.57 Å². The lowest BCUT2D eigenvalue weighted by Crippen LogP contribution is -2.24. The standard InChI is InChI=1S/C25H18I3N3O3/c26-19-8-6-16(7-9-19)14-34-25-20(27)11-17(12-21(25)28)13-30-31-23(32)15-33-22-5-1-3-18-4-2-10-29-24(18)22/h1-13H,14-15H2,(H,31,32)/b30-13+. The Morgan fingerprint density at radius 1 is 0.971 bits per heavy atom. The first kappa shape index (κ1) is 25.1.